The number of hydrogen-bond acceptors (Lipinski definition) is 2. The van der Waals surface area contributed by atoms with Gasteiger partial charge in [0, 0.05) is 18.4 Å². The standard InChI is InChI=1S/C17H21ClN2O/c1-2-21-16-8-13(9-16)10-17(18)14-11-19-20(12-14)15-6-4-3-5-7-15/h3-7,11-13,16-17H,2,8-10H2,1H3. The van der Waals surface area contributed by atoms with Crippen molar-refractivity contribution >= 4 is 11.6 Å². The molecule has 1 saturated carbocycles. The Hall–Kier alpha value is -1.32. The van der Waals surface area contributed by atoms with E-state index in [1.54, 1.807) is 0 Å². The topological polar surface area (TPSA) is 27.1 Å². The molecule has 0 bridgehead atoms. The van der Waals surface area contributed by atoms with Crippen molar-refractivity contribution in [2.45, 2.75) is 37.7 Å². The van der Waals surface area contributed by atoms with Gasteiger partial charge in [-0.15, -0.1) is 11.6 Å². The van der Waals surface area contributed by atoms with Gasteiger partial charge in [-0.25, -0.2) is 4.68 Å². The van der Waals surface area contributed by atoms with E-state index in [1.165, 1.54) is 0 Å². The van der Waals surface area contributed by atoms with Crippen molar-refractivity contribution in [1.29, 1.82) is 0 Å². The summed E-state index contributed by atoms with van der Waals surface area (Å²) < 4.78 is 7.48. The Morgan fingerprint density at radius 1 is 1.33 bits per heavy atom. The Labute approximate surface area is 130 Å². The molecule has 2 aromatic rings. The lowest BCUT2D eigenvalue weighted by Gasteiger charge is -2.35. The lowest BCUT2D eigenvalue weighted by atomic mass is 9.78. The van der Waals surface area contributed by atoms with E-state index in [0.717, 1.165) is 37.1 Å². The fraction of sp³-hybridized carbons (Fsp3) is 0.471. The van der Waals surface area contributed by atoms with Crippen LogP contribution >= 0.6 is 11.6 Å². The highest BCUT2D eigenvalue weighted by Crippen LogP contribution is 2.39. The molecule has 112 valence electrons. The minimum Gasteiger partial charge on any atom is -0.378 e. The second-order valence-electron chi connectivity index (χ2n) is 5.67. The van der Waals surface area contributed by atoms with Crippen LogP contribution < -0.4 is 0 Å². The van der Waals surface area contributed by atoms with Crippen molar-refractivity contribution in [2.24, 2.45) is 5.92 Å². The molecule has 4 heteroatoms. The van der Waals surface area contributed by atoms with Gasteiger partial charge in [-0.05, 0) is 44.2 Å². The molecule has 1 heterocycles. The molecule has 3 nitrogen and oxygen atoms in total. The number of benzene rings is 1. The van der Waals surface area contributed by atoms with Crippen molar-refractivity contribution in [3.8, 4) is 5.69 Å². The third-order valence-electron chi connectivity index (χ3n) is 4.12. The number of rotatable bonds is 6. The lowest BCUT2D eigenvalue weighted by molar-refractivity contribution is -0.0267. The predicted octanol–water partition coefficient (Wildman–Crippen LogP) is 4.36. The Morgan fingerprint density at radius 3 is 2.81 bits per heavy atom. The second-order valence-corrected chi connectivity index (χ2v) is 6.20. The highest BCUT2D eigenvalue weighted by molar-refractivity contribution is 6.20. The van der Waals surface area contributed by atoms with E-state index in [2.05, 4.69) is 12.0 Å². The first-order valence-electron chi connectivity index (χ1n) is 7.62. The smallest absolute Gasteiger partial charge is 0.0645 e. The minimum absolute atomic E-state index is 0.0371. The molecule has 3 rings (SSSR count). The van der Waals surface area contributed by atoms with Crippen molar-refractivity contribution in [2.75, 3.05) is 6.61 Å². The Morgan fingerprint density at radius 2 is 2.10 bits per heavy atom. The molecule has 1 unspecified atom stereocenters. The summed E-state index contributed by atoms with van der Waals surface area (Å²) in [5, 5.41) is 4.45. The SMILES string of the molecule is CCOC1CC(CC(Cl)c2cnn(-c3ccccc3)c2)C1. The van der Waals surface area contributed by atoms with Gasteiger partial charge in [0.25, 0.3) is 0 Å². The summed E-state index contributed by atoms with van der Waals surface area (Å²) in [6.45, 7) is 2.86. The summed E-state index contributed by atoms with van der Waals surface area (Å²) in [6, 6.07) is 10.1. The van der Waals surface area contributed by atoms with Crippen molar-refractivity contribution < 1.29 is 4.74 Å². The van der Waals surface area contributed by atoms with Crippen LogP contribution in [-0.2, 0) is 4.74 Å². The van der Waals surface area contributed by atoms with Crippen LogP contribution in [0.2, 0.25) is 0 Å². The summed E-state index contributed by atoms with van der Waals surface area (Å²) in [4.78, 5) is 0. The molecule has 0 saturated heterocycles. The highest BCUT2D eigenvalue weighted by Gasteiger charge is 2.31. The van der Waals surface area contributed by atoms with Crippen LogP contribution in [0.3, 0.4) is 0 Å². The number of nitrogens with zero attached hydrogens (tertiary/aromatic N) is 2. The normalized spacial score (nSPS) is 22.8. The highest BCUT2D eigenvalue weighted by atomic mass is 35.5. The van der Waals surface area contributed by atoms with Gasteiger partial charge in [-0.1, -0.05) is 18.2 Å². The summed E-state index contributed by atoms with van der Waals surface area (Å²) in [5.74, 6) is 0.684. The first kappa shape index (κ1) is 14.6. The Bertz CT molecular complexity index is 563. The maximum Gasteiger partial charge on any atom is 0.0645 e. The molecule has 21 heavy (non-hydrogen) atoms. The van der Waals surface area contributed by atoms with Gasteiger partial charge in [-0.2, -0.15) is 5.10 Å². The van der Waals surface area contributed by atoms with Gasteiger partial charge in [0.15, 0.2) is 0 Å². The summed E-state index contributed by atoms with van der Waals surface area (Å²) in [6.07, 6.45) is 7.66. The predicted molar refractivity (Wildman–Crippen MR) is 84.9 cm³/mol. The molecule has 1 aromatic carbocycles. The molecule has 1 atom stereocenters. The Kier molecular flexibility index (Phi) is 4.61. The number of hydrogen-bond donors (Lipinski definition) is 0. The molecule has 0 aliphatic heterocycles. The molecular formula is C17H21ClN2O. The second kappa shape index (κ2) is 6.63. The summed E-state index contributed by atoms with van der Waals surface area (Å²) in [5.41, 5.74) is 2.16. The molecule has 1 aliphatic carbocycles. The number of aromatic nitrogens is 2. The van der Waals surface area contributed by atoms with E-state index in [9.17, 15) is 0 Å². The summed E-state index contributed by atoms with van der Waals surface area (Å²) >= 11 is 6.55. The van der Waals surface area contributed by atoms with Gasteiger partial charge >= 0.3 is 0 Å². The van der Waals surface area contributed by atoms with Crippen molar-refractivity contribution in [1.82, 2.24) is 9.78 Å². The average Bonchev–Trinajstić information content (AvgIpc) is 2.96. The van der Waals surface area contributed by atoms with Gasteiger partial charge in [0.05, 0.1) is 23.4 Å². The molecule has 1 aromatic heterocycles. The third-order valence-corrected chi connectivity index (χ3v) is 4.55. The molecule has 0 amide bonds. The van der Waals surface area contributed by atoms with Crippen LogP contribution in [0.5, 0.6) is 0 Å². The molecular weight excluding hydrogens is 284 g/mol. The van der Waals surface area contributed by atoms with Crippen LogP contribution in [0, 0.1) is 5.92 Å². The van der Waals surface area contributed by atoms with E-state index < -0.39 is 0 Å². The van der Waals surface area contributed by atoms with Crippen LogP contribution in [0.15, 0.2) is 42.7 Å². The molecule has 0 radical (unpaired) electrons. The first-order chi connectivity index (χ1) is 10.3. The van der Waals surface area contributed by atoms with Gasteiger partial charge in [0.2, 0.25) is 0 Å². The van der Waals surface area contributed by atoms with Crippen LogP contribution in [-0.4, -0.2) is 22.5 Å². The zero-order valence-corrected chi connectivity index (χ0v) is 13.0. The van der Waals surface area contributed by atoms with Crippen LogP contribution in [0.4, 0.5) is 0 Å². The third kappa shape index (κ3) is 3.47. The fourth-order valence-electron chi connectivity index (χ4n) is 2.89. The number of ether oxygens (including phenoxy) is 1. The zero-order chi connectivity index (χ0) is 14.7. The molecule has 1 fully saturated rings. The van der Waals surface area contributed by atoms with E-state index >= 15 is 0 Å². The van der Waals surface area contributed by atoms with E-state index in [1.807, 2.05) is 47.4 Å². The van der Waals surface area contributed by atoms with Gasteiger partial charge in [-0.3, -0.25) is 0 Å². The van der Waals surface area contributed by atoms with E-state index in [-0.39, 0.29) is 5.38 Å². The summed E-state index contributed by atoms with van der Waals surface area (Å²) in [7, 11) is 0. The fourth-order valence-corrected chi connectivity index (χ4v) is 3.25. The largest absolute Gasteiger partial charge is 0.378 e. The van der Waals surface area contributed by atoms with Crippen LogP contribution in [0.25, 0.3) is 5.69 Å². The maximum atomic E-state index is 6.55. The quantitative estimate of drug-likeness (QED) is 0.742. The van der Waals surface area contributed by atoms with Crippen LogP contribution in [0.1, 0.15) is 37.1 Å². The van der Waals surface area contributed by atoms with Crippen molar-refractivity contribution in [3.63, 3.8) is 0 Å². The van der Waals surface area contributed by atoms with Gasteiger partial charge in [0.1, 0.15) is 0 Å². The monoisotopic (exact) mass is 304 g/mol. The first-order valence-corrected chi connectivity index (χ1v) is 8.05. The Balaban J connectivity index is 1.57. The number of alkyl halides is 1. The average molecular weight is 305 g/mol. The maximum absolute atomic E-state index is 6.55. The van der Waals surface area contributed by atoms with Gasteiger partial charge < -0.3 is 4.74 Å². The van der Waals surface area contributed by atoms with E-state index in [4.69, 9.17) is 16.3 Å². The lowest BCUT2D eigenvalue weighted by Crippen LogP contribution is -2.31. The molecule has 0 spiro atoms. The van der Waals surface area contributed by atoms with Crippen molar-refractivity contribution in [3.05, 3.63) is 48.3 Å². The minimum atomic E-state index is 0.0371. The molecule has 1 aliphatic rings. The number of halogens is 1. The number of para-hydroxylation sites is 1. The molecule has 0 N–H and O–H groups in total. The van der Waals surface area contributed by atoms with E-state index in [0.29, 0.717) is 12.0 Å². The zero-order valence-electron chi connectivity index (χ0n) is 12.3.